The highest BCUT2D eigenvalue weighted by molar-refractivity contribution is 6.31. The molecule has 1 aliphatic heterocycles. The van der Waals surface area contributed by atoms with E-state index in [2.05, 4.69) is 5.32 Å². The van der Waals surface area contributed by atoms with E-state index in [-0.39, 0.29) is 11.6 Å². The number of rotatable bonds is 3. The normalized spacial score (nSPS) is 21.1. The van der Waals surface area contributed by atoms with E-state index in [1.165, 1.54) is 11.0 Å². The molecule has 24 heavy (non-hydrogen) atoms. The van der Waals surface area contributed by atoms with Crippen molar-refractivity contribution in [2.24, 2.45) is 0 Å². The monoisotopic (exact) mass is 328 g/mol. The lowest BCUT2D eigenvalue weighted by atomic mass is 9.93. The van der Waals surface area contributed by atoms with Crippen LogP contribution >= 0.6 is 0 Å². The van der Waals surface area contributed by atoms with Crippen molar-refractivity contribution in [1.82, 2.24) is 10.2 Å². The number of ether oxygens (including phenoxy) is 1. The van der Waals surface area contributed by atoms with Gasteiger partial charge < -0.3 is 4.74 Å². The van der Waals surface area contributed by atoms with Crippen molar-refractivity contribution in [2.45, 2.75) is 38.1 Å². The highest BCUT2D eigenvalue weighted by Gasteiger charge is 2.40. The van der Waals surface area contributed by atoms with Crippen molar-refractivity contribution >= 4 is 23.9 Å². The second kappa shape index (κ2) is 6.86. The van der Waals surface area contributed by atoms with E-state index in [4.69, 9.17) is 4.74 Å². The number of carbonyl (C=O) groups is 3. The van der Waals surface area contributed by atoms with E-state index in [1.54, 1.807) is 31.4 Å². The standard InChI is InChI=1S/C18H20N2O4/c1-24-14-9-7-12(8-10-14)11-15-16(21)19-18(23)20(17(15)22)13-5-3-2-4-6-13/h7-11,13H,2-6H2,1H3,(H,19,21,23)/b15-11-. The van der Waals surface area contributed by atoms with Gasteiger partial charge in [-0.1, -0.05) is 31.4 Å². The topological polar surface area (TPSA) is 75.7 Å². The third-order valence-corrected chi connectivity index (χ3v) is 4.50. The summed E-state index contributed by atoms with van der Waals surface area (Å²) in [7, 11) is 1.57. The lowest BCUT2D eigenvalue weighted by molar-refractivity contribution is -0.132. The molecule has 1 aromatic rings. The van der Waals surface area contributed by atoms with Crippen LogP contribution in [0, 0.1) is 0 Å². The van der Waals surface area contributed by atoms with Gasteiger partial charge in [0.05, 0.1) is 7.11 Å². The molecule has 6 heteroatoms. The minimum Gasteiger partial charge on any atom is -0.497 e. The van der Waals surface area contributed by atoms with Crippen LogP contribution in [-0.2, 0) is 9.59 Å². The molecule has 0 unspecified atom stereocenters. The van der Waals surface area contributed by atoms with E-state index in [0.29, 0.717) is 11.3 Å². The van der Waals surface area contributed by atoms with Crippen LogP contribution in [0.5, 0.6) is 5.75 Å². The Kier molecular flexibility index (Phi) is 4.64. The summed E-state index contributed by atoms with van der Waals surface area (Å²) in [4.78, 5) is 38.2. The summed E-state index contributed by atoms with van der Waals surface area (Å²) in [5.74, 6) is -0.463. The number of carbonyl (C=O) groups excluding carboxylic acids is 3. The number of hydrogen-bond donors (Lipinski definition) is 1. The van der Waals surface area contributed by atoms with E-state index in [9.17, 15) is 14.4 Å². The molecule has 2 fully saturated rings. The van der Waals surface area contributed by atoms with Gasteiger partial charge in [0.2, 0.25) is 0 Å². The predicted octanol–water partition coefficient (Wildman–Crippen LogP) is 2.49. The van der Waals surface area contributed by atoms with Crippen LogP contribution in [0.25, 0.3) is 6.08 Å². The Hall–Kier alpha value is -2.63. The first-order valence-electron chi connectivity index (χ1n) is 8.15. The van der Waals surface area contributed by atoms with Gasteiger partial charge in [0.1, 0.15) is 11.3 Å². The van der Waals surface area contributed by atoms with Gasteiger partial charge in [-0.15, -0.1) is 0 Å². The van der Waals surface area contributed by atoms with Gasteiger partial charge in [-0.05, 0) is 36.6 Å². The summed E-state index contributed by atoms with van der Waals surface area (Å²) < 4.78 is 5.09. The van der Waals surface area contributed by atoms with Gasteiger partial charge in [-0.3, -0.25) is 19.8 Å². The second-order valence-corrected chi connectivity index (χ2v) is 6.06. The van der Waals surface area contributed by atoms with Gasteiger partial charge >= 0.3 is 6.03 Å². The zero-order chi connectivity index (χ0) is 17.1. The van der Waals surface area contributed by atoms with E-state index in [0.717, 1.165) is 32.1 Å². The minimum atomic E-state index is -0.645. The van der Waals surface area contributed by atoms with Crippen LogP contribution in [0.4, 0.5) is 4.79 Å². The molecular formula is C18H20N2O4. The molecule has 2 aliphatic rings. The lowest BCUT2D eigenvalue weighted by Crippen LogP contribution is -2.58. The number of barbiturate groups is 1. The zero-order valence-electron chi connectivity index (χ0n) is 13.6. The van der Waals surface area contributed by atoms with Crippen LogP contribution in [0.3, 0.4) is 0 Å². The van der Waals surface area contributed by atoms with Gasteiger partial charge in [-0.2, -0.15) is 0 Å². The van der Waals surface area contributed by atoms with Gasteiger partial charge in [-0.25, -0.2) is 4.79 Å². The SMILES string of the molecule is COc1ccc(/C=C2/C(=O)NC(=O)N(C3CCCCC3)C2=O)cc1. The molecule has 3 rings (SSSR count). The first-order valence-corrected chi connectivity index (χ1v) is 8.15. The van der Waals surface area contributed by atoms with E-state index < -0.39 is 17.8 Å². The average molecular weight is 328 g/mol. The number of hydrogen-bond acceptors (Lipinski definition) is 4. The number of methoxy groups -OCH3 is 1. The fourth-order valence-electron chi connectivity index (χ4n) is 3.21. The smallest absolute Gasteiger partial charge is 0.331 e. The lowest BCUT2D eigenvalue weighted by Gasteiger charge is -2.35. The Bertz CT molecular complexity index is 687. The molecule has 0 aromatic heterocycles. The third kappa shape index (κ3) is 3.18. The highest BCUT2D eigenvalue weighted by Crippen LogP contribution is 2.26. The molecule has 1 saturated carbocycles. The number of benzene rings is 1. The summed E-state index contributed by atoms with van der Waals surface area (Å²) in [5, 5.41) is 2.28. The van der Waals surface area contributed by atoms with Gasteiger partial charge in [0, 0.05) is 6.04 Å². The molecule has 0 bridgehead atoms. The van der Waals surface area contributed by atoms with Gasteiger partial charge in [0.25, 0.3) is 11.8 Å². The fourth-order valence-corrected chi connectivity index (χ4v) is 3.21. The molecule has 0 spiro atoms. The quantitative estimate of drug-likeness (QED) is 0.683. The number of nitrogens with one attached hydrogen (secondary N) is 1. The van der Waals surface area contributed by atoms with Crippen molar-refractivity contribution in [3.8, 4) is 5.75 Å². The van der Waals surface area contributed by atoms with Gasteiger partial charge in [0.15, 0.2) is 0 Å². The van der Waals surface area contributed by atoms with Crippen molar-refractivity contribution in [3.63, 3.8) is 0 Å². The number of imide groups is 2. The maximum Gasteiger partial charge on any atom is 0.331 e. The van der Waals surface area contributed by atoms with Crippen LogP contribution in [0.1, 0.15) is 37.7 Å². The molecule has 4 amide bonds. The summed E-state index contributed by atoms with van der Waals surface area (Å²) in [6.45, 7) is 0. The summed E-state index contributed by atoms with van der Waals surface area (Å²) in [5.41, 5.74) is 0.692. The molecule has 0 radical (unpaired) electrons. The van der Waals surface area contributed by atoms with Crippen molar-refractivity contribution in [2.75, 3.05) is 7.11 Å². The summed E-state index contributed by atoms with van der Waals surface area (Å²) in [6, 6.07) is 6.28. The van der Waals surface area contributed by atoms with Crippen LogP contribution in [0.15, 0.2) is 29.8 Å². The van der Waals surface area contributed by atoms with Crippen molar-refractivity contribution in [3.05, 3.63) is 35.4 Å². The molecule has 1 heterocycles. The second-order valence-electron chi connectivity index (χ2n) is 6.06. The first-order chi connectivity index (χ1) is 11.6. The fraction of sp³-hybridized carbons (Fsp3) is 0.389. The summed E-state index contributed by atoms with van der Waals surface area (Å²) >= 11 is 0. The largest absolute Gasteiger partial charge is 0.497 e. The van der Waals surface area contributed by atoms with E-state index in [1.807, 2.05) is 0 Å². The molecule has 0 atom stereocenters. The predicted molar refractivity (Wildman–Crippen MR) is 88.2 cm³/mol. The molecule has 6 nitrogen and oxygen atoms in total. The highest BCUT2D eigenvalue weighted by atomic mass is 16.5. The number of amides is 4. The molecular weight excluding hydrogens is 308 g/mol. The Balaban J connectivity index is 1.87. The van der Waals surface area contributed by atoms with Crippen molar-refractivity contribution in [1.29, 1.82) is 0 Å². The minimum absolute atomic E-state index is 0.00894. The average Bonchev–Trinajstić information content (AvgIpc) is 2.60. The Morgan fingerprint density at radius 3 is 2.38 bits per heavy atom. The molecule has 1 aliphatic carbocycles. The van der Waals surface area contributed by atoms with Crippen LogP contribution in [0.2, 0.25) is 0 Å². The first kappa shape index (κ1) is 16.2. The maximum absolute atomic E-state index is 12.7. The zero-order valence-corrected chi connectivity index (χ0v) is 13.6. The summed E-state index contributed by atoms with van der Waals surface area (Å²) in [6.07, 6.45) is 6.21. The third-order valence-electron chi connectivity index (χ3n) is 4.50. The Morgan fingerprint density at radius 1 is 1.08 bits per heavy atom. The molecule has 1 aromatic carbocycles. The van der Waals surface area contributed by atoms with E-state index >= 15 is 0 Å². The Labute approximate surface area is 140 Å². The maximum atomic E-state index is 12.7. The molecule has 126 valence electrons. The Morgan fingerprint density at radius 2 is 1.75 bits per heavy atom. The van der Waals surface area contributed by atoms with Crippen LogP contribution < -0.4 is 10.1 Å². The number of urea groups is 1. The molecule has 1 saturated heterocycles. The number of nitrogens with zero attached hydrogens (tertiary/aromatic N) is 1. The molecule has 1 N–H and O–H groups in total. The van der Waals surface area contributed by atoms with Crippen LogP contribution in [-0.4, -0.2) is 35.9 Å². The van der Waals surface area contributed by atoms with Crippen molar-refractivity contribution < 1.29 is 19.1 Å².